The van der Waals surface area contributed by atoms with Gasteiger partial charge in [-0.3, -0.25) is 14.2 Å². The quantitative estimate of drug-likeness (QED) is 0.391. The van der Waals surface area contributed by atoms with Crippen molar-refractivity contribution in [3.05, 3.63) is 21.3 Å². The largest absolute Gasteiger partial charge is 0.385 e. The van der Waals surface area contributed by atoms with E-state index in [1.54, 1.807) is 23.0 Å². The van der Waals surface area contributed by atoms with Crippen molar-refractivity contribution in [2.75, 3.05) is 19.5 Å². The average Bonchev–Trinajstić information content (AvgIpc) is 3.31. The summed E-state index contributed by atoms with van der Waals surface area (Å²) in [6.45, 7) is 3.20. The third-order valence-electron chi connectivity index (χ3n) is 4.80. The Morgan fingerprint density at radius 2 is 2.22 bits per heavy atom. The number of carbonyl (C=O) groups is 1. The number of hydrogen-bond donors (Lipinski definition) is 1. The van der Waals surface area contributed by atoms with Gasteiger partial charge in [0.15, 0.2) is 5.16 Å². The summed E-state index contributed by atoms with van der Waals surface area (Å²) in [5.41, 5.74) is -0.0224. The van der Waals surface area contributed by atoms with Gasteiger partial charge in [-0.1, -0.05) is 31.5 Å². The Kier molecular flexibility index (Phi) is 7.32. The lowest BCUT2D eigenvalue weighted by molar-refractivity contribution is -0.119. The van der Waals surface area contributed by atoms with Crippen LogP contribution in [0.1, 0.15) is 43.9 Å². The van der Waals surface area contributed by atoms with Gasteiger partial charge in [0, 0.05) is 31.2 Å². The number of aromatic nitrogens is 2. The summed E-state index contributed by atoms with van der Waals surface area (Å²) < 4.78 is 6.82. The van der Waals surface area contributed by atoms with Crippen molar-refractivity contribution in [3.63, 3.8) is 0 Å². The van der Waals surface area contributed by atoms with E-state index in [-0.39, 0.29) is 17.2 Å². The molecule has 1 N–H and O–H groups in total. The van der Waals surface area contributed by atoms with Crippen LogP contribution < -0.4 is 10.9 Å². The van der Waals surface area contributed by atoms with E-state index in [0.29, 0.717) is 29.7 Å². The van der Waals surface area contributed by atoms with Gasteiger partial charge >= 0.3 is 0 Å². The summed E-state index contributed by atoms with van der Waals surface area (Å²) in [6, 6.07) is 2.26. The Bertz CT molecular complexity index is 841. The van der Waals surface area contributed by atoms with Gasteiger partial charge in [-0.05, 0) is 31.7 Å². The first-order valence-electron chi connectivity index (χ1n) is 9.56. The number of fused-ring (bicyclic) bond motifs is 1. The third kappa shape index (κ3) is 5.12. The van der Waals surface area contributed by atoms with Crippen molar-refractivity contribution in [1.82, 2.24) is 14.9 Å². The number of rotatable bonds is 9. The maximum absolute atomic E-state index is 13.0. The van der Waals surface area contributed by atoms with E-state index in [4.69, 9.17) is 9.72 Å². The molecular weight excluding hydrogens is 382 g/mol. The minimum atomic E-state index is -0.0224. The van der Waals surface area contributed by atoms with E-state index in [0.717, 1.165) is 35.4 Å². The predicted octanol–water partition coefficient (Wildman–Crippen LogP) is 3.21. The zero-order valence-electron chi connectivity index (χ0n) is 16.0. The summed E-state index contributed by atoms with van der Waals surface area (Å²) in [5.74, 6) is 0.301. The second kappa shape index (κ2) is 9.71. The molecule has 2 aromatic rings. The average molecular weight is 410 g/mol. The molecule has 6 nitrogen and oxygen atoms in total. The number of methoxy groups -OCH3 is 1. The first-order chi connectivity index (χ1) is 13.1. The molecule has 1 aliphatic carbocycles. The minimum Gasteiger partial charge on any atom is -0.385 e. The summed E-state index contributed by atoms with van der Waals surface area (Å²) in [5, 5.41) is 4.39. The Hall–Kier alpha value is -1.38. The van der Waals surface area contributed by atoms with Gasteiger partial charge in [-0.15, -0.1) is 11.3 Å². The lowest BCUT2D eigenvalue weighted by Crippen LogP contribution is -2.34. The Labute approximate surface area is 167 Å². The van der Waals surface area contributed by atoms with Crippen LogP contribution in [0.2, 0.25) is 0 Å². The van der Waals surface area contributed by atoms with Crippen molar-refractivity contribution in [3.8, 4) is 0 Å². The van der Waals surface area contributed by atoms with E-state index in [2.05, 4.69) is 12.2 Å². The van der Waals surface area contributed by atoms with Crippen LogP contribution in [0.25, 0.3) is 10.2 Å². The molecule has 0 aromatic carbocycles. The fourth-order valence-corrected chi connectivity index (χ4v) is 5.21. The highest BCUT2D eigenvalue weighted by molar-refractivity contribution is 7.99. The number of thiophene rings is 1. The summed E-state index contributed by atoms with van der Waals surface area (Å²) in [7, 11) is 1.65. The zero-order chi connectivity index (χ0) is 19.2. The maximum atomic E-state index is 13.0. The van der Waals surface area contributed by atoms with Crippen LogP contribution in [0.4, 0.5) is 0 Å². The van der Waals surface area contributed by atoms with Gasteiger partial charge in [0.05, 0.1) is 11.1 Å². The van der Waals surface area contributed by atoms with Crippen LogP contribution in [-0.4, -0.2) is 41.0 Å². The number of thioether (sulfide) groups is 1. The van der Waals surface area contributed by atoms with E-state index in [1.807, 2.05) is 6.07 Å². The number of aryl methyl sites for hydroxylation is 1. The molecule has 27 heavy (non-hydrogen) atoms. The van der Waals surface area contributed by atoms with Gasteiger partial charge in [0.25, 0.3) is 5.56 Å². The smallest absolute Gasteiger partial charge is 0.262 e. The molecule has 1 amide bonds. The number of hydrogen-bond acceptors (Lipinski definition) is 6. The number of amides is 1. The van der Waals surface area contributed by atoms with Crippen LogP contribution in [0.5, 0.6) is 0 Å². The summed E-state index contributed by atoms with van der Waals surface area (Å²) >= 11 is 2.91. The molecule has 2 aromatic heterocycles. The van der Waals surface area contributed by atoms with E-state index < -0.39 is 0 Å². The number of nitrogens with zero attached hydrogens (tertiary/aromatic N) is 2. The second-order valence-electron chi connectivity index (χ2n) is 6.82. The van der Waals surface area contributed by atoms with Gasteiger partial charge in [0.2, 0.25) is 5.91 Å². The van der Waals surface area contributed by atoms with Crippen LogP contribution in [0.15, 0.2) is 16.0 Å². The Morgan fingerprint density at radius 3 is 2.93 bits per heavy atom. The van der Waals surface area contributed by atoms with Crippen LogP contribution >= 0.6 is 23.1 Å². The highest BCUT2D eigenvalue weighted by Crippen LogP contribution is 2.25. The molecule has 2 heterocycles. The molecule has 0 atom stereocenters. The standard InChI is InChI=1S/C19H27N3O3S2/c1-3-14-11-15-17(27-14)21-19(22(18(15)24)9-6-10-25-2)26-12-16(23)20-13-7-4-5-8-13/h11,13H,3-10,12H2,1-2H3,(H,20,23). The van der Waals surface area contributed by atoms with Crippen molar-refractivity contribution >= 4 is 39.2 Å². The zero-order valence-corrected chi connectivity index (χ0v) is 17.6. The Balaban J connectivity index is 1.79. The molecule has 0 radical (unpaired) electrons. The monoisotopic (exact) mass is 409 g/mol. The lowest BCUT2D eigenvalue weighted by Gasteiger charge is -2.13. The molecule has 1 saturated carbocycles. The van der Waals surface area contributed by atoms with Crippen LogP contribution in [-0.2, 0) is 22.5 Å². The number of carbonyl (C=O) groups excluding carboxylic acids is 1. The molecule has 0 spiro atoms. The number of ether oxygens (including phenoxy) is 1. The molecular formula is C19H27N3O3S2. The highest BCUT2D eigenvalue weighted by Gasteiger charge is 2.19. The highest BCUT2D eigenvalue weighted by atomic mass is 32.2. The van der Waals surface area contributed by atoms with Crippen LogP contribution in [0, 0.1) is 0 Å². The molecule has 148 valence electrons. The van der Waals surface area contributed by atoms with Crippen molar-refractivity contribution < 1.29 is 9.53 Å². The maximum Gasteiger partial charge on any atom is 0.262 e. The van der Waals surface area contributed by atoms with Gasteiger partial charge in [-0.2, -0.15) is 0 Å². The van der Waals surface area contributed by atoms with E-state index in [1.165, 1.54) is 24.6 Å². The van der Waals surface area contributed by atoms with Crippen molar-refractivity contribution in [2.24, 2.45) is 0 Å². The minimum absolute atomic E-state index is 0.0186. The predicted molar refractivity (Wildman–Crippen MR) is 111 cm³/mol. The topological polar surface area (TPSA) is 73.2 Å². The van der Waals surface area contributed by atoms with E-state index in [9.17, 15) is 9.59 Å². The molecule has 1 fully saturated rings. The number of nitrogens with one attached hydrogen (secondary N) is 1. The fraction of sp³-hybridized carbons (Fsp3) is 0.632. The molecule has 0 saturated heterocycles. The SMILES string of the molecule is CCc1cc2c(=O)n(CCCOC)c(SCC(=O)NC3CCCC3)nc2s1. The molecule has 1 aliphatic rings. The van der Waals surface area contributed by atoms with Crippen molar-refractivity contribution in [2.45, 2.75) is 63.2 Å². The van der Waals surface area contributed by atoms with Gasteiger partial charge < -0.3 is 10.1 Å². The normalized spacial score (nSPS) is 14.9. The fourth-order valence-electron chi connectivity index (χ4n) is 3.37. The van der Waals surface area contributed by atoms with E-state index >= 15 is 0 Å². The summed E-state index contributed by atoms with van der Waals surface area (Å²) in [4.78, 5) is 31.9. The lowest BCUT2D eigenvalue weighted by atomic mass is 10.2. The second-order valence-corrected chi connectivity index (χ2v) is 8.88. The third-order valence-corrected chi connectivity index (χ3v) is 6.95. The van der Waals surface area contributed by atoms with Crippen LogP contribution in [0.3, 0.4) is 0 Å². The molecule has 0 bridgehead atoms. The molecule has 0 unspecified atom stereocenters. The molecule has 8 heteroatoms. The van der Waals surface area contributed by atoms with Gasteiger partial charge in [0.1, 0.15) is 4.83 Å². The first kappa shape index (κ1) is 20.4. The summed E-state index contributed by atoms with van der Waals surface area (Å²) in [6.07, 6.45) is 6.13. The first-order valence-corrected chi connectivity index (χ1v) is 11.4. The van der Waals surface area contributed by atoms with Gasteiger partial charge in [-0.25, -0.2) is 4.98 Å². The molecule has 0 aliphatic heterocycles. The molecule has 3 rings (SSSR count). The Morgan fingerprint density at radius 1 is 1.44 bits per heavy atom. The van der Waals surface area contributed by atoms with Crippen molar-refractivity contribution in [1.29, 1.82) is 0 Å².